The Labute approximate surface area is 117 Å². The number of aromatic nitrogens is 2. The molecule has 5 heteroatoms. The molecule has 5 nitrogen and oxygen atoms in total. The lowest BCUT2D eigenvalue weighted by Crippen LogP contribution is -2.32. The minimum absolute atomic E-state index is 0.0301. The number of hydrogen-bond donors (Lipinski definition) is 2. The zero-order chi connectivity index (χ0) is 14.0. The van der Waals surface area contributed by atoms with Crippen LogP contribution in [0.2, 0.25) is 0 Å². The summed E-state index contributed by atoms with van der Waals surface area (Å²) in [5.41, 5.74) is 1.97. The van der Waals surface area contributed by atoms with Crippen LogP contribution in [0.3, 0.4) is 0 Å². The predicted molar refractivity (Wildman–Crippen MR) is 76.1 cm³/mol. The van der Waals surface area contributed by atoms with Gasteiger partial charge in [-0.25, -0.2) is 4.98 Å². The second-order valence-electron chi connectivity index (χ2n) is 5.61. The van der Waals surface area contributed by atoms with Gasteiger partial charge < -0.3 is 15.0 Å². The van der Waals surface area contributed by atoms with Crippen LogP contribution in [0, 0.1) is 5.41 Å². The summed E-state index contributed by atoms with van der Waals surface area (Å²) in [6.45, 7) is 1.38. The standard InChI is InChI=1S/C15H19N3O2/c19-10-15(6-7-15)9-16-14(20)5-8-18-11-17-12-3-1-2-4-13(12)18/h1-4,11,19H,5-10H2,(H,16,20). The number of para-hydroxylation sites is 2. The number of carbonyl (C=O) groups is 1. The van der Waals surface area contributed by atoms with E-state index < -0.39 is 0 Å². The second kappa shape index (κ2) is 5.25. The van der Waals surface area contributed by atoms with Gasteiger partial charge in [0, 0.05) is 24.9 Å². The molecule has 1 fully saturated rings. The fraction of sp³-hybridized carbons (Fsp3) is 0.467. The van der Waals surface area contributed by atoms with Gasteiger partial charge in [-0.15, -0.1) is 0 Å². The van der Waals surface area contributed by atoms with Crippen LogP contribution in [-0.4, -0.2) is 33.7 Å². The molecule has 1 amide bonds. The Hall–Kier alpha value is -1.88. The van der Waals surface area contributed by atoms with Crippen molar-refractivity contribution in [1.82, 2.24) is 14.9 Å². The Bertz CT molecular complexity index is 616. The van der Waals surface area contributed by atoms with E-state index in [1.54, 1.807) is 6.33 Å². The summed E-state index contributed by atoms with van der Waals surface area (Å²) >= 11 is 0. The van der Waals surface area contributed by atoms with Crippen molar-refractivity contribution in [3.8, 4) is 0 Å². The van der Waals surface area contributed by atoms with Crippen molar-refractivity contribution >= 4 is 16.9 Å². The molecule has 1 aromatic carbocycles. The van der Waals surface area contributed by atoms with E-state index in [1.807, 2.05) is 28.8 Å². The van der Waals surface area contributed by atoms with Crippen LogP contribution in [0.1, 0.15) is 19.3 Å². The van der Waals surface area contributed by atoms with Gasteiger partial charge in [-0.2, -0.15) is 0 Å². The molecule has 1 aromatic heterocycles. The lowest BCUT2D eigenvalue weighted by Gasteiger charge is -2.12. The Kier molecular flexibility index (Phi) is 3.44. The zero-order valence-electron chi connectivity index (χ0n) is 11.4. The summed E-state index contributed by atoms with van der Waals surface area (Å²) in [6.07, 6.45) is 4.22. The summed E-state index contributed by atoms with van der Waals surface area (Å²) in [7, 11) is 0. The molecule has 3 rings (SSSR count). The van der Waals surface area contributed by atoms with Crippen molar-refractivity contribution in [1.29, 1.82) is 0 Å². The summed E-state index contributed by atoms with van der Waals surface area (Å²) in [6, 6.07) is 7.89. The molecule has 0 radical (unpaired) electrons. The maximum absolute atomic E-state index is 11.8. The number of carbonyl (C=O) groups excluding carboxylic acids is 1. The van der Waals surface area contributed by atoms with E-state index in [-0.39, 0.29) is 17.9 Å². The predicted octanol–water partition coefficient (Wildman–Crippen LogP) is 1.32. The second-order valence-corrected chi connectivity index (χ2v) is 5.61. The lowest BCUT2D eigenvalue weighted by molar-refractivity contribution is -0.121. The van der Waals surface area contributed by atoms with E-state index >= 15 is 0 Å². The third-order valence-corrected chi connectivity index (χ3v) is 4.06. The number of nitrogens with zero attached hydrogens (tertiary/aromatic N) is 2. The number of hydrogen-bond acceptors (Lipinski definition) is 3. The molecule has 106 valence electrons. The molecule has 20 heavy (non-hydrogen) atoms. The Morgan fingerprint density at radius 2 is 2.20 bits per heavy atom. The Balaban J connectivity index is 1.53. The lowest BCUT2D eigenvalue weighted by atomic mass is 10.1. The minimum Gasteiger partial charge on any atom is -0.396 e. The largest absolute Gasteiger partial charge is 0.396 e. The number of fused-ring (bicyclic) bond motifs is 1. The number of nitrogens with one attached hydrogen (secondary N) is 1. The van der Waals surface area contributed by atoms with Crippen LogP contribution in [0.25, 0.3) is 11.0 Å². The van der Waals surface area contributed by atoms with E-state index in [4.69, 9.17) is 0 Å². The Morgan fingerprint density at radius 3 is 2.95 bits per heavy atom. The van der Waals surface area contributed by atoms with Crippen LogP contribution >= 0.6 is 0 Å². The molecule has 1 aliphatic carbocycles. The van der Waals surface area contributed by atoms with E-state index in [1.165, 1.54) is 0 Å². The maximum atomic E-state index is 11.8. The van der Waals surface area contributed by atoms with Gasteiger partial charge in [-0.1, -0.05) is 12.1 Å². The number of aliphatic hydroxyl groups excluding tert-OH is 1. The monoisotopic (exact) mass is 273 g/mol. The highest BCUT2D eigenvalue weighted by Crippen LogP contribution is 2.44. The first kappa shape index (κ1) is 13.1. The smallest absolute Gasteiger partial charge is 0.221 e. The molecule has 0 spiro atoms. The molecule has 2 aromatic rings. The molecule has 1 saturated carbocycles. The average molecular weight is 273 g/mol. The zero-order valence-corrected chi connectivity index (χ0v) is 11.4. The van der Waals surface area contributed by atoms with Gasteiger partial charge in [-0.05, 0) is 25.0 Å². The van der Waals surface area contributed by atoms with Crippen LogP contribution in [0.5, 0.6) is 0 Å². The number of aliphatic hydroxyl groups is 1. The molecule has 0 aliphatic heterocycles. The third-order valence-electron chi connectivity index (χ3n) is 4.06. The van der Waals surface area contributed by atoms with E-state index in [0.717, 1.165) is 23.9 Å². The Morgan fingerprint density at radius 1 is 1.40 bits per heavy atom. The van der Waals surface area contributed by atoms with Crippen LogP contribution < -0.4 is 5.32 Å². The van der Waals surface area contributed by atoms with Crippen molar-refractivity contribution in [3.63, 3.8) is 0 Å². The summed E-state index contributed by atoms with van der Waals surface area (Å²) < 4.78 is 1.99. The highest BCUT2D eigenvalue weighted by molar-refractivity contribution is 5.77. The third kappa shape index (κ3) is 2.67. The first-order valence-electron chi connectivity index (χ1n) is 7.00. The number of amides is 1. The van der Waals surface area contributed by atoms with Crippen molar-refractivity contribution in [2.45, 2.75) is 25.8 Å². The normalized spacial score (nSPS) is 16.2. The average Bonchev–Trinajstić information content (AvgIpc) is 3.16. The van der Waals surface area contributed by atoms with Crippen molar-refractivity contribution in [3.05, 3.63) is 30.6 Å². The minimum atomic E-state index is -0.0304. The first-order chi connectivity index (χ1) is 9.72. The van der Waals surface area contributed by atoms with Crippen LogP contribution in [-0.2, 0) is 11.3 Å². The van der Waals surface area contributed by atoms with Crippen LogP contribution in [0.4, 0.5) is 0 Å². The van der Waals surface area contributed by atoms with E-state index in [2.05, 4.69) is 10.3 Å². The number of benzene rings is 1. The van der Waals surface area contributed by atoms with Crippen LogP contribution in [0.15, 0.2) is 30.6 Å². The highest BCUT2D eigenvalue weighted by Gasteiger charge is 2.41. The fourth-order valence-electron chi connectivity index (χ4n) is 2.35. The van der Waals surface area contributed by atoms with Gasteiger partial charge in [0.2, 0.25) is 5.91 Å². The molecule has 0 saturated heterocycles. The highest BCUT2D eigenvalue weighted by atomic mass is 16.3. The SMILES string of the molecule is O=C(CCn1cnc2ccccc21)NCC1(CO)CC1. The molecule has 2 N–H and O–H groups in total. The molecular formula is C15H19N3O2. The molecular weight excluding hydrogens is 254 g/mol. The van der Waals surface area contributed by atoms with E-state index in [9.17, 15) is 9.90 Å². The van der Waals surface area contributed by atoms with Gasteiger partial charge in [0.1, 0.15) is 0 Å². The topological polar surface area (TPSA) is 67.2 Å². The number of rotatable bonds is 6. The maximum Gasteiger partial charge on any atom is 0.221 e. The van der Waals surface area contributed by atoms with E-state index in [0.29, 0.717) is 19.5 Å². The van der Waals surface area contributed by atoms with Crippen molar-refractivity contribution in [2.24, 2.45) is 5.41 Å². The molecule has 0 bridgehead atoms. The molecule has 0 unspecified atom stereocenters. The van der Waals surface area contributed by atoms with Crippen molar-refractivity contribution < 1.29 is 9.90 Å². The molecule has 1 heterocycles. The van der Waals surface area contributed by atoms with Crippen molar-refractivity contribution in [2.75, 3.05) is 13.2 Å². The van der Waals surface area contributed by atoms with Gasteiger partial charge >= 0.3 is 0 Å². The van der Waals surface area contributed by atoms with Gasteiger partial charge in [0.25, 0.3) is 0 Å². The number of imidazole rings is 1. The number of aryl methyl sites for hydroxylation is 1. The summed E-state index contributed by atoms with van der Waals surface area (Å²) in [4.78, 5) is 16.1. The summed E-state index contributed by atoms with van der Waals surface area (Å²) in [5.74, 6) is 0.0301. The summed E-state index contributed by atoms with van der Waals surface area (Å²) in [5, 5.41) is 12.1. The molecule has 1 aliphatic rings. The first-order valence-corrected chi connectivity index (χ1v) is 7.00. The quantitative estimate of drug-likeness (QED) is 0.834. The van der Waals surface area contributed by atoms with Gasteiger partial charge in [0.15, 0.2) is 0 Å². The van der Waals surface area contributed by atoms with Gasteiger partial charge in [-0.3, -0.25) is 4.79 Å². The fourth-order valence-corrected chi connectivity index (χ4v) is 2.35. The molecule has 0 atom stereocenters. The van der Waals surface area contributed by atoms with Gasteiger partial charge in [0.05, 0.1) is 24.0 Å².